The Morgan fingerprint density at radius 3 is 2.75 bits per heavy atom. The lowest BCUT2D eigenvalue weighted by molar-refractivity contribution is -0.0845. The zero-order valence-corrected chi connectivity index (χ0v) is 10.4. The van der Waals surface area contributed by atoms with Crippen LogP contribution in [0.2, 0.25) is 0 Å². The second-order valence-corrected chi connectivity index (χ2v) is 4.90. The number of aliphatic hydroxyl groups excluding tert-OH is 2. The van der Waals surface area contributed by atoms with Gasteiger partial charge in [0.15, 0.2) is 11.2 Å². The van der Waals surface area contributed by atoms with E-state index in [9.17, 15) is 14.3 Å². The van der Waals surface area contributed by atoms with Crippen LogP contribution in [0.25, 0.3) is 11.2 Å². The van der Waals surface area contributed by atoms with Gasteiger partial charge in [-0.3, -0.25) is 9.78 Å². The third kappa shape index (κ3) is 1.63. The summed E-state index contributed by atoms with van der Waals surface area (Å²) in [5.74, 6) is -1.16. The first-order valence-corrected chi connectivity index (χ1v) is 6.16. The van der Waals surface area contributed by atoms with Crippen LogP contribution in [-0.2, 0) is 0 Å². The topological polar surface area (TPSA) is 130 Å². The summed E-state index contributed by atoms with van der Waals surface area (Å²) >= 11 is 0. The molecular weight excluding hydrogens is 269 g/mol. The maximum absolute atomic E-state index is 14.1. The van der Waals surface area contributed by atoms with Gasteiger partial charge < -0.3 is 20.5 Å². The zero-order chi connectivity index (χ0) is 14.4. The summed E-state index contributed by atoms with van der Waals surface area (Å²) in [5, 5.41) is 18.4. The van der Waals surface area contributed by atoms with E-state index in [1.54, 1.807) is 0 Å². The summed E-state index contributed by atoms with van der Waals surface area (Å²) in [5.41, 5.74) is 5.22. The Bertz CT molecular complexity index is 699. The third-order valence-electron chi connectivity index (χ3n) is 3.92. The van der Waals surface area contributed by atoms with Crippen LogP contribution in [0, 0.1) is 11.8 Å². The number of aromatic nitrogens is 4. The Morgan fingerprint density at radius 1 is 1.40 bits per heavy atom. The number of H-pyrrole nitrogens is 1. The van der Waals surface area contributed by atoms with Gasteiger partial charge in [0.25, 0.3) is 5.56 Å². The molecule has 2 aromatic rings. The van der Waals surface area contributed by atoms with Gasteiger partial charge in [-0.05, 0) is 0 Å². The first-order chi connectivity index (χ1) is 9.58. The maximum atomic E-state index is 14.1. The molecule has 2 heterocycles. The highest BCUT2D eigenvalue weighted by Gasteiger charge is 2.52. The molecule has 0 aliphatic heterocycles. The number of anilines is 1. The van der Waals surface area contributed by atoms with Crippen LogP contribution in [-0.4, -0.2) is 49.1 Å². The van der Waals surface area contributed by atoms with Crippen molar-refractivity contribution in [3.05, 3.63) is 16.7 Å². The van der Waals surface area contributed by atoms with E-state index in [2.05, 4.69) is 15.0 Å². The van der Waals surface area contributed by atoms with E-state index in [1.165, 1.54) is 10.9 Å². The average Bonchev–Trinajstić information content (AvgIpc) is 2.80. The molecule has 1 unspecified atom stereocenters. The van der Waals surface area contributed by atoms with Crippen LogP contribution in [0.4, 0.5) is 10.3 Å². The highest BCUT2D eigenvalue weighted by molar-refractivity contribution is 5.70. The number of nitrogens with two attached hydrogens (primary N) is 1. The summed E-state index contributed by atoms with van der Waals surface area (Å²) in [4.78, 5) is 21.8. The third-order valence-corrected chi connectivity index (χ3v) is 3.92. The molecule has 0 amide bonds. The number of hydrogen-bond acceptors (Lipinski definition) is 6. The second kappa shape index (κ2) is 4.53. The predicted octanol–water partition coefficient (Wildman–Crippen LogP) is -1.19. The van der Waals surface area contributed by atoms with E-state index in [0.717, 1.165) is 0 Å². The van der Waals surface area contributed by atoms with E-state index in [4.69, 9.17) is 10.8 Å². The largest absolute Gasteiger partial charge is 0.396 e. The summed E-state index contributed by atoms with van der Waals surface area (Å²) in [6.45, 7) is -0.611. The smallest absolute Gasteiger partial charge is 0.280 e. The highest BCUT2D eigenvalue weighted by Crippen LogP contribution is 2.46. The molecule has 4 atom stereocenters. The molecule has 0 radical (unpaired) electrons. The van der Waals surface area contributed by atoms with E-state index in [0.29, 0.717) is 0 Å². The van der Waals surface area contributed by atoms with Crippen molar-refractivity contribution in [2.45, 2.75) is 12.2 Å². The monoisotopic (exact) mass is 283 g/mol. The van der Waals surface area contributed by atoms with Crippen LogP contribution in [0.15, 0.2) is 11.1 Å². The van der Waals surface area contributed by atoms with Gasteiger partial charge >= 0.3 is 0 Å². The molecule has 108 valence electrons. The normalized spacial score (nSPS) is 29.6. The van der Waals surface area contributed by atoms with Crippen molar-refractivity contribution >= 4 is 17.1 Å². The minimum absolute atomic E-state index is 0.0653. The van der Waals surface area contributed by atoms with Gasteiger partial charge in [0.2, 0.25) is 5.95 Å². The number of aliphatic hydroxyl groups is 2. The zero-order valence-electron chi connectivity index (χ0n) is 10.4. The van der Waals surface area contributed by atoms with Crippen molar-refractivity contribution in [3.63, 3.8) is 0 Å². The number of hydrogen-bond donors (Lipinski definition) is 4. The lowest BCUT2D eigenvalue weighted by Gasteiger charge is -2.46. The van der Waals surface area contributed by atoms with E-state index < -0.39 is 29.6 Å². The molecule has 3 rings (SSSR count). The fraction of sp³-hybridized carbons (Fsp3) is 0.545. The van der Waals surface area contributed by atoms with Crippen molar-refractivity contribution in [2.75, 3.05) is 18.9 Å². The highest BCUT2D eigenvalue weighted by atomic mass is 19.1. The van der Waals surface area contributed by atoms with Gasteiger partial charge in [-0.25, -0.2) is 9.37 Å². The van der Waals surface area contributed by atoms with Crippen LogP contribution in [0.5, 0.6) is 0 Å². The van der Waals surface area contributed by atoms with Crippen molar-refractivity contribution < 1.29 is 14.6 Å². The van der Waals surface area contributed by atoms with Crippen molar-refractivity contribution in [3.8, 4) is 0 Å². The van der Waals surface area contributed by atoms with Gasteiger partial charge in [0, 0.05) is 25.0 Å². The number of nitrogens with one attached hydrogen (secondary N) is 1. The van der Waals surface area contributed by atoms with Gasteiger partial charge in [0.1, 0.15) is 6.17 Å². The van der Waals surface area contributed by atoms with E-state index >= 15 is 0 Å². The van der Waals surface area contributed by atoms with Crippen LogP contribution >= 0.6 is 0 Å². The Labute approximate surface area is 112 Å². The summed E-state index contributed by atoms with van der Waals surface area (Å²) in [6.07, 6.45) is -0.0308. The Balaban J connectivity index is 2.09. The quantitative estimate of drug-likeness (QED) is 0.560. The SMILES string of the molecule is Nc1nc2c(ncn2[C@@H]2C(F)[C@H](CO)[C@H]2CO)c(=O)[nH]1. The maximum Gasteiger partial charge on any atom is 0.280 e. The second-order valence-electron chi connectivity index (χ2n) is 4.90. The molecule has 1 saturated carbocycles. The molecule has 20 heavy (non-hydrogen) atoms. The summed E-state index contributed by atoms with van der Waals surface area (Å²) in [6, 6.07) is -0.712. The number of aromatic amines is 1. The van der Waals surface area contributed by atoms with Crippen molar-refractivity contribution in [1.29, 1.82) is 0 Å². The molecule has 0 saturated heterocycles. The number of nitrogen functional groups attached to an aromatic ring is 1. The molecule has 1 aliphatic carbocycles. The van der Waals surface area contributed by atoms with Gasteiger partial charge in [-0.2, -0.15) is 4.98 Å². The summed E-state index contributed by atoms with van der Waals surface area (Å²) in [7, 11) is 0. The molecular formula is C11H14FN5O3. The lowest BCUT2D eigenvalue weighted by Crippen LogP contribution is -2.52. The van der Waals surface area contributed by atoms with Gasteiger partial charge in [-0.1, -0.05) is 0 Å². The molecule has 1 aliphatic rings. The number of rotatable bonds is 3. The van der Waals surface area contributed by atoms with E-state index in [1.807, 2.05) is 0 Å². The molecule has 0 aromatic carbocycles. The van der Waals surface area contributed by atoms with Crippen molar-refractivity contribution in [2.24, 2.45) is 11.8 Å². The predicted molar refractivity (Wildman–Crippen MR) is 67.6 cm³/mol. The average molecular weight is 283 g/mol. The minimum atomic E-state index is -1.34. The van der Waals surface area contributed by atoms with Gasteiger partial charge in [0.05, 0.1) is 12.4 Å². The Hall–Kier alpha value is -2.00. The Kier molecular flexibility index (Phi) is 2.94. The van der Waals surface area contributed by atoms with Crippen LogP contribution < -0.4 is 11.3 Å². The van der Waals surface area contributed by atoms with Crippen LogP contribution in [0.3, 0.4) is 0 Å². The van der Waals surface area contributed by atoms with Crippen molar-refractivity contribution in [1.82, 2.24) is 19.5 Å². The molecule has 5 N–H and O–H groups in total. The number of alkyl halides is 1. The molecule has 1 fully saturated rings. The van der Waals surface area contributed by atoms with Gasteiger partial charge in [-0.15, -0.1) is 0 Å². The molecule has 0 spiro atoms. The number of fused-ring (bicyclic) bond motifs is 1. The van der Waals surface area contributed by atoms with Crippen LogP contribution in [0.1, 0.15) is 6.04 Å². The molecule has 0 bridgehead atoms. The fourth-order valence-electron chi connectivity index (χ4n) is 2.83. The fourth-order valence-corrected chi connectivity index (χ4v) is 2.83. The lowest BCUT2D eigenvalue weighted by atomic mass is 9.68. The number of nitrogens with zero attached hydrogens (tertiary/aromatic N) is 3. The first-order valence-electron chi connectivity index (χ1n) is 6.16. The first kappa shape index (κ1) is 13.0. The molecule has 2 aromatic heterocycles. The minimum Gasteiger partial charge on any atom is -0.396 e. The molecule has 8 nitrogen and oxygen atoms in total. The number of imidazole rings is 1. The standard InChI is InChI=1S/C11H14FN5O3/c12-6-4(1-18)5(2-19)8(6)17-3-14-7-9(17)15-11(13)16-10(7)20/h3-6,8,18-19H,1-2H2,(H3,13,15,16,20)/t4-,5-,6?,8+/m1/s1. The Morgan fingerprint density at radius 2 is 2.10 bits per heavy atom. The molecule has 9 heteroatoms. The van der Waals surface area contributed by atoms with E-state index in [-0.39, 0.29) is 30.3 Å². The summed E-state index contributed by atoms with van der Waals surface area (Å²) < 4.78 is 15.5. The number of halogens is 1.